The minimum atomic E-state index is -1.54. The number of benzene rings is 1. The first-order chi connectivity index (χ1) is 10.4. The number of aliphatic carboxylic acids is 1. The van der Waals surface area contributed by atoms with E-state index in [1.807, 2.05) is 0 Å². The molecule has 1 aromatic carbocycles. The number of aromatic hydroxyl groups is 1. The first-order valence-corrected chi connectivity index (χ1v) is 5.96. The van der Waals surface area contributed by atoms with Crippen LogP contribution in [-0.4, -0.2) is 37.2 Å². The van der Waals surface area contributed by atoms with Gasteiger partial charge in [0, 0.05) is 11.6 Å². The topological polar surface area (TPSA) is 141 Å². The molecule has 0 saturated heterocycles. The van der Waals surface area contributed by atoms with Crippen molar-refractivity contribution in [3.63, 3.8) is 0 Å². The van der Waals surface area contributed by atoms with Crippen LogP contribution in [0.2, 0.25) is 0 Å². The van der Waals surface area contributed by atoms with E-state index in [2.05, 4.69) is 9.97 Å². The van der Waals surface area contributed by atoms with Crippen LogP contribution in [-0.2, 0) is 4.79 Å². The number of nitrogens with one attached hydrogen (secondary N) is 1. The van der Waals surface area contributed by atoms with E-state index < -0.39 is 28.9 Å². The fraction of sp³-hybridized carbons (Fsp3) is 0. The van der Waals surface area contributed by atoms with Crippen LogP contribution < -0.4 is 5.56 Å². The van der Waals surface area contributed by atoms with Gasteiger partial charge in [0.1, 0.15) is 5.82 Å². The maximum atomic E-state index is 11.5. The summed E-state index contributed by atoms with van der Waals surface area (Å²) in [6, 6.07) is 6.28. The van der Waals surface area contributed by atoms with Gasteiger partial charge in [0.15, 0.2) is 5.69 Å². The van der Waals surface area contributed by atoms with Gasteiger partial charge in [-0.3, -0.25) is 4.79 Å². The number of carboxylic acids is 2. The Kier molecular flexibility index (Phi) is 4.03. The Morgan fingerprint density at radius 2 is 1.95 bits per heavy atom. The molecule has 1 aromatic heterocycles. The SMILES string of the molecule is O=C(O)/C=C/c1cccc(-c2nc(C(=O)O)c(O)c(=O)[nH]2)c1. The van der Waals surface area contributed by atoms with E-state index >= 15 is 0 Å². The fourth-order valence-corrected chi connectivity index (χ4v) is 1.71. The van der Waals surface area contributed by atoms with Gasteiger partial charge in [0.25, 0.3) is 5.56 Å². The number of rotatable bonds is 4. The number of aromatic nitrogens is 2. The van der Waals surface area contributed by atoms with Crippen LogP contribution in [0.4, 0.5) is 0 Å². The second kappa shape index (κ2) is 5.92. The minimum absolute atomic E-state index is 0.0502. The lowest BCUT2D eigenvalue weighted by Crippen LogP contribution is -2.15. The molecule has 0 aliphatic heterocycles. The van der Waals surface area contributed by atoms with Crippen molar-refractivity contribution in [2.45, 2.75) is 0 Å². The summed E-state index contributed by atoms with van der Waals surface area (Å²) < 4.78 is 0. The molecule has 4 N–H and O–H groups in total. The molecule has 2 aromatic rings. The summed E-state index contributed by atoms with van der Waals surface area (Å²) in [5.74, 6) is -3.68. The van der Waals surface area contributed by atoms with Crippen LogP contribution in [0.25, 0.3) is 17.5 Å². The van der Waals surface area contributed by atoms with Crippen molar-refractivity contribution < 1.29 is 24.9 Å². The summed E-state index contributed by atoms with van der Waals surface area (Å²) in [6.07, 6.45) is 2.28. The molecule has 112 valence electrons. The maximum absolute atomic E-state index is 11.5. The highest BCUT2D eigenvalue weighted by molar-refractivity contribution is 5.89. The van der Waals surface area contributed by atoms with Gasteiger partial charge in [0.2, 0.25) is 5.75 Å². The molecule has 0 aliphatic carbocycles. The lowest BCUT2D eigenvalue weighted by atomic mass is 10.1. The number of nitrogens with zero attached hydrogens (tertiary/aromatic N) is 1. The number of aromatic carboxylic acids is 1. The molecule has 8 heteroatoms. The molecular formula is C14H10N2O6. The number of carboxylic acid groups (broad SMARTS) is 2. The molecule has 8 nitrogen and oxygen atoms in total. The van der Waals surface area contributed by atoms with Crippen molar-refractivity contribution in [2.75, 3.05) is 0 Å². The lowest BCUT2D eigenvalue weighted by molar-refractivity contribution is -0.131. The Morgan fingerprint density at radius 3 is 2.59 bits per heavy atom. The summed E-state index contributed by atoms with van der Waals surface area (Å²) in [6.45, 7) is 0. The smallest absolute Gasteiger partial charge is 0.358 e. The van der Waals surface area contributed by atoms with Crippen LogP contribution in [0.15, 0.2) is 35.1 Å². The number of aromatic amines is 1. The summed E-state index contributed by atoms with van der Waals surface area (Å²) in [4.78, 5) is 38.9. The number of hydrogen-bond donors (Lipinski definition) is 4. The number of hydrogen-bond acceptors (Lipinski definition) is 5. The van der Waals surface area contributed by atoms with Gasteiger partial charge in [-0.25, -0.2) is 14.6 Å². The quantitative estimate of drug-likeness (QED) is 0.616. The molecular weight excluding hydrogens is 292 g/mol. The summed E-state index contributed by atoms with van der Waals surface area (Å²) in [7, 11) is 0. The van der Waals surface area contributed by atoms with Crippen molar-refractivity contribution in [1.82, 2.24) is 9.97 Å². The Morgan fingerprint density at radius 1 is 1.23 bits per heavy atom. The van der Waals surface area contributed by atoms with Crippen molar-refractivity contribution in [1.29, 1.82) is 0 Å². The Labute approximate surface area is 123 Å². The lowest BCUT2D eigenvalue weighted by Gasteiger charge is -2.04. The molecule has 0 saturated carbocycles. The number of H-pyrrole nitrogens is 1. The summed E-state index contributed by atoms with van der Waals surface area (Å²) in [5, 5.41) is 26.9. The second-order valence-electron chi connectivity index (χ2n) is 4.21. The van der Waals surface area contributed by atoms with Gasteiger partial charge >= 0.3 is 11.9 Å². The summed E-state index contributed by atoms with van der Waals surface area (Å²) >= 11 is 0. The second-order valence-corrected chi connectivity index (χ2v) is 4.21. The van der Waals surface area contributed by atoms with Gasteiger partial charge in [-0.05, 0) is 17.7 Å². The third-order valence-corrected chi connectivity index (χ3v) is 2.68. The zero-order valence-electron chi connectivity index (χ0n) is 11.0. The van der Waals surface area contributed by atoms with Gasteiger partial charge in [0.05, 0.1) is 0 Å². The van der Waals surface area contributed by atoms with Gasteiger partial charge in [-0.1, -0.05) is 18.2 Å². The standard InChI is InChI=1S/C14H10N2O6/c17-9(18)5-4-7-2-1-3-8(6-7)12-15-10(14(21)22)11(19)13(20)16-12/h1-6,19H,(H,17,18)(H,21,22)(H,15,16,20)/b5-4+. The molecule has 0 atom stereocenters. The minimum Gasteiger partial charge on any atom is -0.501 e. The average Bonchev–Trinajstić information content (AvgIpc) is 2.47. The van der Waals surface area contributed by atoms with E-state index in [0.717, 1.165) is 6.08 Å². The highest BCUT2D eigenvalue weighted by atomic mass is 16.4. The first-order valence-electron chi connectivity index (χ1n) is 5.96. The maximum Gasteiger partial charge on any atom is 0.358 e. The molecule has 1 heterocycles. The Bertz CT molecular complexity index is 837. The van der Waals surface area contributed by atoms with E-state index in [0.29, 0.717) is 11.1 Å². The highest BCUT2D eigenvalue weighted by Crippen LogP contribution is 2.19. The van der Waals surface area contributed by atoms with Gasteiger partial charge < -0.3 is 20.3 Å². The van der Waals surface area contributed by atoms with Crippen LogP contribution in [0.3, 0.4) is 0 Å². The first kappa shape index (κ1) is 15.0. The molecule has 0 bridgehead atoms. The average molecular weight is 302 g/mol. The fourth-order valence-electron chi connectivity index (χ4n) is 1.71. The van der Waals surface area contributed by atoms with E-state index in [1.165, 1.54) is 12.1 Å². The summed E-state index contributed by atoms with van der Waals surface area (Å²) in [5.41, 5.74) is -0.848. The van der Waals surface area contributed by atoms with E-state index in [-0.39, 0.29) is 5.82 Å². The zero-order chi connectivity index (χ0) is 16.3. The predicted octanol–water partition coefficient (Wildman–Crippen LogP) is 0.938. The molecule has 0 fully saturated rings. The zero-order valence-corrected chi connectivity index (χ0v) is 11.0. The monoisotopic (exact) mass is 302 g/mol. The van der Waals surface area contributed by atoms with E-state index in [4.69, 9.17) is 10.2 Å². The third kappa shape index (κ3) is 3.18. The molecule has 0 spiro atoms. The third-order valence-electron chi connectivity index (χ3n) is 2.68. The molecule has 0 amide bonds. The normalized spacial score (nSPS) is 10.7. The predicted molar refractivity (Wildman–Crippen MR) is 75.6 cm³/mol. The van der Waals surface area contributed by atoms with E-state index in [1.54, 1.807) is 18.2 Å². The molecule has 22 heavy (non-hydrogen) atoms. The van der Waals surface area contributed by atoms with Crippen molar-refractivity contribution in [3.8, 4) is 17.1 Å². The van der Waals surface area contributed by atoms with Gasteiger partial charge in [-0.15, -0.1) is 0 Å². The molecule has 0 radical (unpaired) electrons. The molecule has 0 aliphatic rings. The van der Waals surface area contributed by atoms with Crippen LogP contribution in [0.1, 0.15) is 16.1 Å². The van der Waals surface area contributed by atoms with Gasteiger partial charge in [-0.2, -0.15) is 0 Å². The van der Waals surface area contributed by atoms with Crippen LogP contribution >= 0.6 is 0 Å². The van der Waals surface area contributed by atoms with Crippen LogP contribution in [0, 0.1) is 0 Å². The van der Waals surface area contributed by atoms with E-state index in [9.17, 15) is 19.5 Å². The Hall–Kier alpha value is -3.42. The van der Waals surface area contributed by atoms with Crippen LogP contribution in [0.5, 0.6) is 5.75 Å². The Balaban J connectivity index is 2.53. The highest BCUT2D eigenvalue weighted by Gasteiger charge is 2.17. The number of carbonyl (C=O) groups is 2. The van der Waals surface area contributed by atoms with Crippen molar-refractivity contribution in [3.05, 3.63) is 52.0 Å². The van der Waals surface area contributed by atoms with Crippen molar-refractivity contribution in [2.24, 2.45) is 0 Å². The molecule has 0 unspecified atom stereocenters. The molecule has 2 rings (SSSR count). The van der Waals surface area contributed by atoms with Crippen molar-refractivity contribution >= 4 is 18.0 Å². The largest absolute Gasteiger partial charge is 0.501 e.